The Bertz CT molecular complexity index is 2120. The average Bonchev–Trinajstić information content (AvgIpc) is 4.00. The highest BCUT2D eigenvalue weighted by atomic mass is 19.4. The molecule has 5 heterocycles. The molecule has 2 aromatic heterocycles. The minimum absolute atomic E-state index is 0.0212. The van der Waals surface area contributed by atoms with E-state index in [2.05, 4.69) is 39.4 Å². The lowest BCUT2D eigenvalue weighted by molar-refractivity contribution is -0.242. The number of aliphatic hydroxyl groups is 3. The molecule has 3 aliphatic heterocycles. The number of aromatic nitrogens is 4. The number of nitrogens with zero attached hydrogens (tertiary/aromatic N) is 6. The Hall–Kier alpha value is -5.46. The standard InChI is InChI=1S/C29H32N6O5.C14H16F3NO2/c36-15-20-12-7-13-34(20)29-32-26(30-14-21(18-8-3-1-4-9-18)19-10-5-2-6-11-19)23-27(33-29)35(17-31-23)28-25(39)24(38)22(16-37)40-28;15-14(16,17)13(19)20-18-8-6-12(7-9-18)10-11-4-2-1-3-5-11/h1-6,8-11,15,17,20-22,24-25,28,37-39H,7,12-14,16H2,(H,30,32,33);1-5,12H,6-10H2/t20-,22+,24+,25+,28+;/m0./s1. The second-order valence-electron chi connectivity index (χ2n) is 15.2. The number of fused-ring (bicyclic) bond motifs is 1. The topological polar surface area (TPSA) is 175 Å². The van der Waals surface area contributed by atoms with E-state index in [0.717, 1.165) is 48.2 Å². The number of imidazole rings is 1. The lowest BCUT2D eigenvalue weighted by Gasteiger charge is -2.30. The Kier molecular flexibility index (Phi) is 13.7. The van der Waals surface area contributed by atoms with E-state index in [0.29, 0.717) is 61.4 Å². The minimum Gasteiger partial charge on any atom is -0.394 e. The van der Waals surface area contributed by atoms with Crippen molar-refractivity contribution in [2.75, 3.05) is 43.0 Å². The first kappa shape index (κ1) is 42.7. The third kappa shape index (κ3) is 9.93. The van der Waals surface area contributed by atoms with Crippen LogP contribution in [-0.2, 0) is 25.6 Å². The molecule has 60 heavy (non-hydrogen) atoms. The van der Waals surface area contributed by atoms with Gasteiger partial charge in [-0.25, -0.2) is 9.78 Å². The van der Waals surface area contributed by atoms with Crippen LogP contribution >= 0.6 is 0 Å². The number of hydroxylamine groups is 2. The van der Waals surface area contributed by atoms with Crippen LogP contribution in [0, 0.1) is 5.92 Å². The van der Waals surface area contributed by atoms with Crippen LogP contribution in [0.25, 0.3) is 11.2 Å². The fraction of sp³-hybridized carbons (Fsp3) is 0.419. The van der Waals surface area contributed by atoms with Gasteiger partial charge in [0.25, 0.3) is 0 Å². The van der Waals surface area contributed by atoms with Gasteiger partial charge in [-0.3, -0.25) is 4.57 Å². The zero-order valence-corrected chi connectivity index (χ0v) is 32.7. The monoisotopic (exact) mass is 831 g/mol. The number of halogens is 3. The number of anilines is 2. The molecule has 3 aliphatic rings. The van der Waals surface area contributed by atoms with Crippen molar-refractivity contribution in [1.29, 1.82) is 0 Å². The van der Waals surface area contributed by atoms with E-state index < -0.39 is 43.3 Å². The highest BCUT2D eigenvalue weighted by Crippen LogP contribution is 2.35. The Labute approximate surface area is 344 Å². The molecule has 8 rings (SSSR count). The summed E-state index contributed by atoms with van der Waals surface area (Å²) in [6.07, 6.45) is -3.12. The van der Waals surface area contributed by atoms with Crippen molar-refractivity contribution in [3.05, 3.63) is 114 Å². The molecule has 0 spiro atoms. The SMILES string of the molecule is O=C(ON1CCC(Cc2ccccc2)CC1)C(F)(F)F.O=C[C@@H]1CCCN1c1nc(NCC(c2ccccc2)c2ccccc2)c2ncn([C@@H]3O[C@H](CO)[C@@H](O)[C@H]3O)c2n1. The average molecular weight is 832 g/mol. The predicted octanol–water partition coefficient (Wildman–Crippen LogP) is 4.81. The number of hydrogen-bond acceptors (Lipinski definition) is 13. The van der Waals surface area contributed by atoms with Crippen molar-refractivity contribution in [3.8, 4) is 0 Å². The van der Waals surface area contributed by atoms with Crippen molar-refractivity contribution in [2.45, 2.75) is 74.8 Å². The highest BCUT2D eigenvalue weighted by Gasteiger charge is 2.45. The van der Waals surface area contributed by atoms with E-state index in [-0.39, 0.29) is 12.0 Å². The first-order valence-electron chi connectivity index (χ1n) is 20.0. The molecule has 5 aromatic rings. The zero-order valence-electron chi connectivity index (χ0n) is 32.7. The molecule has 5 atom stereocenters. The summed E-state index contributed by atoms with van der Waals surface area (Å²) in [5.41, 5.74) is 4.35. The van der Waals surface area contributed by atoms with Crippen LogP contribution in [-0.4, -0.2) is 115 Å². The fourth-order valence-electron chi connectivity index (χ4n) is 7.95. The van der Waals surface area contributed by atoms with E-state index in [1.54, 1.807) is 4.57 Å². The van der Waals surface area contributed by atoms with Gasteiger partial charge in [0.15, 0.2) is 23.2 Å². The molecule has 0 bridgehead atoms. The second kappa shape index (κ2) is 19.3. The van der Waals surface area contributed by atoms with Crippen molar-refractivity contribution in [3.63, 3.8) is 0 Å². The van der Waals surface area contributed by atoms with Gasteiger partial charge in [0.05, 0.1) is 19.0 Å². The minimum atomic E-state index is -4.93. The molecule has 0 unspecified atom stereocenters. The molecule has 0 radical (unpaired) electrons. The van der Waals surface area contributed by atoms with Gasteiger partial charge < -0.3 is 39.9 Å². The largest absolute Gasteiger partial charge is 0.492 e. The number of rotatable bonds is 12. The Morgan fingerprint density at radius 2 is 1.53 bits per heavy atom. The lowest BCUT2D eigenvalue weighted by Crippen LogP contribution is -2.39. The van der Waals surface area contributed by atoms with Gasteiger partial charge in [-0.05, 0) is 54.7 Å². The number of aliphatic hydroxyl groups excluding tert-OH is 3. The molecule has 4 N–H and O–H groups in total. The summed E-state index contributed by atoms with van der Waals surface area (Å²) < 4.78 is 43.5. The number of aldehydes is 1. The molecular formula is C43H48F3N7O7. The van der Waals surface area contributed by atoms with Gasteiger partial charge in [0.2, 0.25) is 5.95 Å². The van der Waals surface area contributed by atoms with Gasteiger partial charge in [-0.15, -0.1) is 5.06 Å². The second-order valence-corrected chi connectivity index (χ2v) is 15.2. The molecule has 318 valence electrons. The maximum absolute atomic E-state index is 12.1. The summed E-state index contributed by atoms with van der Waals surface area (Å²) in [4.78, 5) is 42.9. The van der Waals surface area contributed by atoms with Crippen LogP contribution in [0.4, 0.5) is 24.9 Å². The van der Waals surface area contributed by atoms with Crippen molar-refractivity contribution < 1.29 is 47.7 Å². The smallest absolute Gasteiger partial charge is 0.394 e. The molecule has 3 aromatic carbocycles. The molecule has 14 nitrogen and oxygen atoms in total. The van der Waals surface area contributed by atoms with E-state index >= 15 is 0 Å². The number of piperidine rings is 1. The van der Waals surface area contributed by atoms with E-state index in [1.165, 1.54) is 11.9 Å². The number of ether oxygens (including phenoxy) is 1. The Morgan fingerprint density at radius 1 is 0.900 bits per heavy atom. The van der Waals surface area contributed by atoms with Crippen molar-refractivity contribution in [1.82, 2.24) is 24.6 Å². The molecule has 0 aliphatic carbocycles. The van der Waals surface area contributed by atoms with Crippen LogP contribution in [0.5, 0.6) is 0 Å². The zero-order chi connectivity index (χ0) is 42.2. The summed E-state index contributed by atoms with van der Waals surface area (Å²) in [7, 11) is 0. The van der Waals surface area contributed by atoms with Gasteiger partial charge >= 0.3 is 12.1 Å². The normalized spacial score (nSPS) is 22.4. The van der Waals surface area contributed by atoms with E-state index in [4.69, 9.17) is 14.7 Å². The third-order valence-electron chi connectivity index (χ3n) is 11.2. The van der Waals surface area contributed by atoms with E-state index in [9.17, 15) is 38.1 Å². The first-order valence-corrected chi connectivity index (χ1v) is 20.0. The van der Waals surface area contributed by atoms with Crippen LogP contribution in [0.2, 0.25) is 0 Å². The number of alkyl halides is 3. The number of benzene rings is 3. The van der Waals surface area contributed by atoms with Gasteiger partial charge in [-0.1, -0.05) is 91.0 Å². The molecule has 0 amide bonds. The Balaban J connectivity index is 0.000000229. The van der Waals surface area contributed by atoms with Crippen LogP contribution in [0.15, 0.2) is 97.3 Å². The van der Waals surface area contributed by atoms with Crippen molar-refractivity contribution >= 4 is 35.2 Å². The summed E-state index contributed by atoms with van der Waals surface area (Å²) >= 11 is 0. The quantitative estimate of drug-likeness (QED) is 0.126. The lowest BCUT2D eigenvalue weighted by atomic mass is 9.91. The number of carbonyl (C=O) groups excluding carboxylic acids is 2. The number of nitrogens with one attached hydrogen (secondary N) is 1. The van der Waals surface area contributed by atoms with Crippen LogP contribution in [0.3, 0.4) is 0 Å². The molecular weight excluding hydrogens is 784 g/mol. The maximum atomic E-state index is 12.1. The molecule has 3 fully saturated rings. The predicted molar refractivity (Wildman–Crippen MR) is 215 cm³/mol. The van der Waals surface area contributed by atoms with Crippen LogP contribution in [0.1, 0.15) is 54.5 Å². The maximum Gasteiger partial charge on any atom is 0.492 e. The third-order valence-corrected chi connectivity index (χ3v) is 11.2. The summed E-state index contributed by atoms with van der Waals surface area (Å²) in [5.74, 6) is -0.849. The van der Waals surface area contributed by atoms with Gasteiger partial charge in [-0.2, -0.15) is 23.1 Å². The van der Waals surface area contributed by atoms with Gasteiger partial charge in [0.1, 0.15) is 24.6 Å². The molecule has 17 heteroatoms. The molecule has 0 saturated carbocycles. The fourth-order valence-corrected chi connectivity index (χ4v) is 7.95. The number of hydrogen-bond donors (Lipinski definition) is 4. The first-order chi connectivity index (χ1) is 29.0. The summed E-state index contributed by atoms with van der Waals surface area (Å²) in [5, 5.41) is 35.2. The van der Waals surface area contributed by atoms with Crippen molar-refractivity contribution in [2.24, 2.45) is 5.92 Å². The summed E-state index contributed by atoms with van der Waals surface area (Å²) in [6.45, 7) is 1.40. The van der Waals surface area contributed by atoms with E-state index in [1.807, 2.05) is 71.6 Å². The Morgan fingerprint density at radius 3 is 2.12 bits per heavy atom. The summed E-state index contributed by atoms with van der Waals surface area (Å²) in [6, 6.07) is 30.0. The highest BCUT2D eigenvalue weighted by molar-refractivity contribution is 5.85. The van der Waals surface area contributed by atoms with Crippen LogP contribution < -0.4 is 10.2 Å². The molecule has 3 saturated heterocycles. The number of carbonyl (C=O) groups is 2. The van der Waals surface area contributed by atoms with Gasteiger partial charge in [0, 0.05) is 32.1 Å².